The summed E-state index contributed by atoms with van der Waals surface area (Å²) in [5.41, 5.74) is 0.0834. The number of nitrogens with zero attached hydrogens (tertiary/aromatic N) is 2. The molecule has 4 rings (SSSR count). The molecule has 0 spiro atoms. The van der Waals surface area contributed by atoms with Crippen LogP contribution in [0.4, 0.5) is 14.5 Å². The quantitative estimate of drug-likeness (QED) is 0.411. The number of fused-ring (bicyclic) bond motifs is 1. The number of hydrogen-bond donors (Lipinski definition) is 3. The van der Waals surface area contributed by atoms with Gasteiger partial charge in [0.25, 0.3) is 10.0 Å². The summed E-state index contributed by atoms with van der Waals surface area (Å²) in [5, 5.41) is 18.1. The third kappa shape index (κ3) is 3.74. The minimum atomic E-state index is -4.44. The summed E-state index contributed by atoms with van der Waals surface area (Å²) < 4.78 is 55.2. The third-order valence-electron chi connectivity index (χ3n) is 4.00. The Kier molecular flexibility index (Phi) is 4.84. The Hall–Kier alpha value is -3.18. The van der Waals surface area contributed by atoms with Crippen molar-refractivity contribution >= 4 is 38.2 Å². The molecule has 11 heteroatoms. The minimum Gasteiger partial charge on any atom is -0.506 e. The molecule has 3 aromatic carbocycles. The van der Waals surface area contributed by atoms with Gasteiger partial charge in [-0.3, -0.25) is 9.82 Å². The molecule has 7 nitrogen and oxygen atoms in total. The lowest BCUT2D eigenvalue weighted by Gasteiger charge is -2.14. The van der Waals surface area contributed by atoms with E-state index >= 15 is 0 Å². The number of aromatic hydroxyl groups is 1. The second kappa shape index (κ2) is 7.33. The summed E-state index contributed by atoms with van der Waals surface area (Å²) in [6.07, 6.45) is 1.36. The topological polar surface area (TPSA) is 108 Å². The minimum absolute atomic E-state index is 0.0834. The van der Waals surface area contributed by atoms with E-state index < -0.39 is 26.6 Å². The van der Waals surface area contributed by atoms with Gasteiger partial charge < -0.3 is 5.11 Å². The van der Waals surface area contributed by atoms with E-state index in [4.69, 9.17) is 0 Å². The highest BCUT2D eigenvalue weighted by Gasteiger charge is 2.23. The Morgan fingerprint density at radius 2 is 1.83 bits per heavy atom. The zero-order chi connectivity index (χ0) is 20.6. The lowest BCUT2D eigenvalue weighted by molar-refractivity contribution is 0.469. The van der Waals surface area contributed by atoms with E-state index in [0.29, 0.717) is 22.0 Å². The van der Waals surface area contributed by atoms with Crippen LogP contribution in [0.2, 0.25) is 0 Å². The summed E-state index contributed by atoms with van der Waals surface area (Å²) in [6, 6.07) is 10.1. The number of benzene rings is 3. The SMILES string of the molecule is O=S(=O)(Nc1cc(Sc2nc[nH]n2)c(O)c2ccccc12)c1cc(F)ccc1F. The Balaban J connectivity index is 1.84. The number of H-pyrrole nitrogens is 1. The summed E-state index contributed by atoms with van der Waals surface area (Å²) in [6.45, 7) is 0. The Labute approximate surface area is 167 Å². The molecule has 0 atom stereocenters. The van der Waals surface area contributed by atoms with Crippen LogP contribution in [0.5, 0.6) is 5.75 Å². The molecule has 3 N–H and O–H groups in total. The fourth-order valence-corrected chi connectivity index (χ4v) is 4.67. The summed E-state index contributed by atoms with van der Waals surface area (Å²) in [5.74, 6) is -2.06. The number of sulfonamides is 1. The van der Waals surface area contributed by atoms with E-state index in [2.05, 4.69) is 19.9 Å². The Bertz CT molecular complexity index is 1310. The summed E-state index contributed by atoms with van der Waals surface area (Å²) >= 11 is 1.00. The van der Waals surface area contributed by atoms with Gasteiger partial charge >= 0.3 is 0 Å². The maximum Gasteiger partial charge on any atom is 0.264 e. The molecule has 0 aliphatic rings. The fourth-order valence-electron chi connectivity index (χ4n) is 2.72. The van der Waals surface area contributed by atoms with Crippen molar-refractivity contribution in [1.82, 2.24) is 15.2 Å². The first kappa shape index (κ1) is 19.2. The zero-order valence-electron chi connectivity index (χ0n) is 14.4. The van der Waals surface area contributed by atoms with Gasteiger partial charge in [0.1, 0.15) is 28.6 Å². The van der Waals surface area contributed by atoms with Gasteiger partial charge in [0.15, 0.2) is 0 Å². The highest BCUT2D eigenvalue weighted by atomic mass is 32.2. The van der Waals surface area contributed by atoms with Gasteiger partial charge in [-0.1, -0.05) is 24.3 Å². The van der Waals surface area contributed by atoms with Crippen molar-refractivity contribution in [3.8, 4) is 5.75 Å². The number of halogens is 2. The lowest BCUT2D eigenvalue weighted by atomic mass is 10.1. The average Bonchev–Trinajstić information content (AvgIpc) is 3.20. The van der Waals surface area contributed by atoms with E-state index in [0.717, 1.165) is 23.9 Å². The fraction of sp³-hybridized carbons (Fsp3) is 0. The van der Waals surface area contributed by atoms with Crippen molar-refractivity contribution in [2.24, 2.45) is 0 Å². The maximum absolute atomic E-state index is 14.0. The van der Waals surface area contributed by atoms with Crippen LogP contribution in [0, 0.1) is 11.6 Å². The molecule has 29 heavy (non-hydrogen) atoms. The number of aromatic nitrogens is 3. The number of aromatic amines is 1. The van der Waals surface area contributed by atoms with Gasteiger partial charge in [0.05, 0.1) is 10.6 Å². The molecule has 0 aliphatic carbocycles. The first-order valence-electron chi connectivity index (χ1n) is 8.11. The lowest BCUT2D eigenvalue weighted by Crippen LogP contribution is -2.15. The van der Waals surface area contributed by atoms with Gasteiger partial charge in [0, 0.05) is 10.8 Å². The number of hydrogen-bond acceptors (Lipinski definition) is 6. The normalized spacial score (nSPS) is 11.7. The molecular weight excluding hydrogens is 422 g/mol. The molecule has 4 aromatic rings. The van der Waals surface area contributed by atoms with Crippen LogP contribution in [0.1, 0.15) is 0 Å². The molecule has 0 aliphatic heterocycles. The van der Waals surface area contributed by atoms with Crippen LogP contribution in [-0.4, -0.2) is 28.7 Å². The van der Waals surface area contributed by atoms with Gasteiger partial charge in [-0.15, -0.1) is 5.10 Å². The summed E-state index contributed by atoms with van der Waals surface area (Å²) in [4.78, 5) is 3.42. The van der Waals surface area contributed by atoms with Crippen molar-refractivity contribution in [1.29, 1.82) is 0 Å². The largest absolute Gasteiger partial charge is 0.506 e. The number of rotatable bonds is 5. The Morgan fingerprint density at radius 3 is 2.55 bits per heavy atom. The van der Waals surface area contributed by atoms with Crippen molar-refractivity contribution in [2.75, 3.05) is 4.72 Å². The van der Waals surface area contributed by atoms with Gasteiger partial charge in [-0.2, -0.15) is 0 Å². The monoisotopic (exact) mass is 434 g/mol. The van der Waals surface area contributed by atoms with Crippen LogP contribution in [0.25, 0.3) is 10.8 Å². The van der Waals surface area contributed by atoms with Crippen molar-refractivity contribution in [3.63, 3.8) is 0 Å². The standard InChI is InChI=1S/C18H12F2N4O3S2/c19-10-5-6-13(20)16(7-10)29(26,27)24-14-8-15(28-18-21-9-22-23-18)17(25)12-4-2-1-3-11(12)14/h1-9,24-25H,(H,21,22,23). The van der Waals surface area contributed by atoms with Gasteiger partial charge in [0.2, 0.25) is 5.16 Å². The number of nitrogens with one attached hydrogen (secondary N) is 2. The van der Waals surface area contributed by atoms with Crippen LogP contribution >= 0.6 is 11.8 Å². The van der Waals surface area contributed by atoms with Crippen molar-refractivity contribution < 1.29 is 22.3 Å². The molecule has 0 radical (unpaired) electrons. The number of phenolic OH excluding ortho intramolecular Hbond substituents is 1. The molecule has 1 heterocycles. The first-order chi connectivity index (χ1) is 13.8. The third-order valence-corrected chi connectivity index (χ3v) is 6.29. The van der Waals surface area contributed by atoms with Crippen LogP contribution in [-0.2, 0) is 10.0 Å². The highest BCUT2D eigenvalue weighted by molar-refractivity contribution is 7.99. The molecular formula is C18H12F2N4O3S2. The molecule has 1 aromatic heterocycles. The van der Waals surface area contributed by atoms with Crippen molar-refractivity contribution in [2.45, 2.75) is 14.9 Å². The Morgan fingerprint density at radius 1 is 1.07 bits per heavy atom. The summed E-state index contributed by atoms with van der Waals surface area (Å²) in [7, 11) is -4.44. The molecule has 0 saturated heterocycles. The molecule has 0 amide bonds. The van der Waals surface area contributed by atoms with Gasteiger partial charge in [-0.05, 0) is 36.0 Å². The predicted molar refractivity (Wildman–Crippen MR) is 103 cm³/mol. The molecule has 0 unspecified atom stereocenters. The van der Waals surface area contributed by atoms with E-state index in [1.807, 2.05) is 0 Å². The predicted octanol–water partition coefficient (Wildman–Crippen LogP) is 3.89. The number of phenols is 1. The van der Waals surface area contributed by atoms with Crippen LogP contribution < -0.4 is 4.72 Å². The van der Waals surface area contributed by atoms with Crippen molar-refractivity contribution in [3.05, 3.63) is 66.5 Å². The zero-order valence-corrected chi connectivity index (χ0v) is 16.1. The molecule has 0 fully saturated rings. The first-order valence-corrected chi connectivity index (χ1v) is 10.4. The second-order valence-corrected chi connectivity index (χ2v) is 8.54. The van der Waals surface area contributed by atoms with Crippen LogP contribution in [0.15, 0.2) is 69.8 Å². The van der Waals surface area contributed by atoms with Crippen LogP contribution in [0.3, 0.4) is 0 Å². The molecule has 0 saturated carbocycles. The second-order valence-electron chi connectivity index (χ2n) is 5.88. The van der Waals surface area contributed by atoms with Gasteiger partial charge in [-0.25, -0.2) is 22.2 Å². The smallest absolute Gasteiger partial charge is 0.264 e. The van der Waals surface area contributed by atoms with E-state index in [1.54, 1.807) is 24.3 Å². The number of anilines is 1. The van der Waals surface area contributed by atoms with E-state index in [9.17, 15) is 22.3 Å². The highest BCUT2D eigenvalue weighted by Crippen LogP contribution is 2.42. The van der Waals surface area contributed by atoms with E-state index in [-0.39, 0.29) is 16.3 Å². The maximum atomic E-state index is 14.0. The molecule has 148 valence electrons. The molecule has 0 bridgehead atoms. The average molecular weight is 434 g/mol. The van der Waals surface area contributed by atoms with E-state index in [1.165, 1.54) is 12.4 Å².